The Hall–Kier alpha value is -2.56. The second-order valence-electron chi connectivity index (χ2n) is 4.81. The minimum absolute atomic E-state index is 0.251. The molecule has 0 atom stereocenters. The molecule has 1 aliphatic rings. The van der Waals surface area contributed by atoms with E-state index >= 15 is 0 Å². The van der Waals surface area contributed by atoms with Crippen molar-refractivity contribution < 1.29 is 14.0 Å². The summed E-state index contributed by atoms with van der Waals surface area (Å²) in [5, 5.41) is 3.19. The van der Waals surface area contributed by atoms with Gasteiger partial charge < -0.3 is 9.73 Å². The Morgan fingerprint density at radius 2 is 1.90 bits per heavy atom. The molecule has 0 unspecified atom stereocenters. The second kappa shape index (κ2) is 4.52. The van der Waals surface area contributed by atoms with Gasteiger partial charge in [0.15, 0.2) is 0 Å². The number of imide groups is 1. The Balaban J connectivity index is 1.82. The highest BCUT2D eigenvalue weighted by molar-refractivity contribution is 6.21. The van der Waals surface area contributed by atoms with Gasteiger partial charge in [0.1, 0.15) is 5.76 Å². The first-order valence-electron chi connectivity index (χ1n) is 6.31. The van der Waals surface area contributed by atoms with Gasteiger partial charge in [0.25, 0.3) is 11.8 Å². The van der Waals surface area contributed by atoms with Gasteiger partial charge in [0.05, 0.1) is 23.9 Å². The minimum atomic E-state index is -0.261. The summed E-state index contributed by atoms with van der Waals surface area (Å²) in [4.78, 5) is 24.8. The van der Waals surface area contributed by atoms with E-state index in [0.29, 0.717) is 17.7 Å². The average Bonchev–Trinajstić information content (AvgIpc) is 2.95. The van der Waals surface area contributed by atoms with Crippen molar-refractivity contribution in [2.75, 3.05) is 12.4 Å². The molecule has 3 rings (SSSR count). The number of anilines is 1. The van der Waals surface area contributed by atoms with Crippen LogP contribution in [0.4, 0.5) is 5.69 Å². The molecule has 0 saturated heterocycles. The fraction of sp³-hybridized carbons (Fsp3) is 0.200. The molecule has 0 fully saturated rings. The lowest BCUT2D eigenvalue weighted by atomic mass is 10.1. The van der Waals surface area contributed by atoms with E-state index in [1.165, 1.54) is 7.05 Å². The molecule has 102 valence electrons. The summed E-state index contributed by atoms with van der Waals surface area (Å²) in [6.45, 7) is 2.51. The van der Waals surface area contributed by atoms with Gasteiger partial charge in [-0.1, -0.05) is 0 Å². The van der Waals surface area contributed by atoms with Gasteiger partial charge >= 0.3 is 0 Å². The van der Waals surface area contributed by atoms with E-state index in [4.69, 9.17) is 4.42 Å². The number of amides is 2. The molecule has 1 aliphatic heterocycles. The van der Waals surface area contributed by atoms with Crippen LogP contribution in [0.15, 0.2) is 34.9 Å². The molecule has 5 nitrogen and oxygen atoms in total. The predicted molar refractivity (Wildman–Crippen MR) is 73.6 cm³/mol. The lowest BCUT2D eigenvalue weighted by Crippen LogP contribution is -2.24. The summed E-state index contributed by atoms with van der Waals surface area (Å²) in [7, 11) is 1.49. The van der Waals surface area contributed by atoms with Crippen molar-refractivity contribution in [1.29, 1.82) is 0 Å². The summed E-state index contributed by atoms with van der Waals surface area (Å²) >= 11 is 0. The van der Waals surface area contributed by atoms with E-state index in [2.05, 4.69) is 5.32 Å². The minimum Gasteiger partial charge on any atom is -0.467 e. The number of carbonyl (C=O) groups excluding carboxylic acids is 2. The van der Waals surface area contributed by atoms with Gasteiger partial charge in [0, 0.05) is 12.7 Å². The largest absolute Gasteiger partial charge is 0.467 e. The zero-order chi connectivity index (χ0) is 14.3. The molecule has 0 bridgehead atoms. The Labute approximate surface area is 116 Å². The lowest BCUT2D eigenvalue weighted by Gasteiger charge is -2.06. The molecule has 0 spiro atoms. The number of nitrogens with zero attached hydrogens (tertiary/aromatic N) is 1. The number of aryl methyl sites for hydroxylation is 1. The van der Waals surface area contributed by atoms with Gasteiger partial charge in [-0.2, -0.15) is 0 Å². The van der Waals surface area contributed by atoms with E-state index in [1.54, 1.807) is 24.5 Å². The van der Waals surface area contributed by atoms with Crippen molar-refractivity contribution >= 4 is 17.5 Å². The summed E-state index contributed by atoms with van der Waals surface area (Å²) < 4.78 is 5.34. The van der Waals surface area contributed by atoms with Crippen LogP contribution in [0.25, 0.3) is 0 Å². The van der Waals surface area contributed by atoms with Crippen LogP contribution >= 0.6 is 0 Å². The molecule has 2 amide bonds. The molecule has 20 heavy (non-hydrogen) atoms. The van der Waals surface area contributed by atoms with E-state index in [0.717, 1.165) is 21.9 Å². The average molecular weight is 270 g/mol. The lowest BCUT2D eigenvalue weighted by molar-refractivity contribution is 0.0693. The van der Waals surface area contributed by atoms with Crippen LogP contribution in [-0.2, 0) is 6.54 Å². The standard InChI is InChI=1S/C15H14N2O3/c1-9-5-6-20-13(9)8-16-10-3-4-11-12(7-10)15(19)17(2)14(11)18/h3-7,16H,8H2,1-2H3. The van der Waals surface area contributed by atoms with Gasteiger partial charge in [0.2, 0.25) is 0 Å². The SMILES string of the molecule is Cc1ccoc1CNc1ccc2c(c1)C(=O)N(C)C2=O. The second-order valence-corrected chi connectivity index (χ2v) is 4.81. The van der Waals surface area contributed by atoms with E-state index < -0.39 is 0 Å². The number of hydrogen-bond acceptors (Lipinski definition) is 4. The smallest absolute Gasteiger partial charge is 0.261 e. The van der Waals surface area contributed by atoms with Gasteiger partial charge in [-0.25, -0.2) is 0 Å². The summed E-state index contributed by atoms with van der Waals surface area (Å²) in [6.07, 6.45) is 1.65. The van der Waals surface area contributed by atoms with Crippen LogP contribution in [0.1, 0.15) is 32.0 Å². The molecular formula is C15H14N2O3. The van der Waals surface area contributed by atoms with Crippen LogP contribution in [0.3, 0.4) is 0 Å². The maximum atomic E-state index is 11.9. The zero-order valence-electron chi connectivity index (χ0n) is 11.3. The van der Waals surface area contributed by atoms with Gasteiger partial charge in [-0.05, 0) is 36.8 Å². The summed E-state index contributed by atoms with van der Waals surface area (Å²) in [5.41, 5.74) is 2.76. The van der Waals surface area contributed by atoms with Crippen molar-refractivity contribution in [2.24, 2.45) is 0 Å². The molecule has 1 aromatic carbocycles. The molecular weight excluding hydrogens is 256 g/mol. The maximum Gasteiger partial charge on any atom is 0.261 e. The predicted octanol–water partition coefficient (Wildman–Crippen LogP) is 2.43. The third kappa shape index (κ3) is 1.87. The molecule has 5 heteroatoms. The third-order valence-electron chi connectivity index (χ3n) is 3.51. The van der Waals surface area contributed by atoms with Crippen LogP contribution in [0.5, 0.6) is 0 Å². The third-order valence-corrected chi connectivity index (χ3v) is 3.51. The quantitative estimate of drug-likeness (QED) is 0.870. The van der Waals surface area contributed by atoms with Crippen LogP contribution in [0, 0.1) is 6.92 Å². The first kappa shape index (κ1) is 12.5. The number of fused-ring (bicyclic) bond motifs is 1. The normalized spacial score (nSPS) is 13.8. The number of nitrogens with one attached hydrogen (secondary N) is 1. The first-order chi connectivity index (χ1) is 9.58. The topological polar surface area (TPSA) is 62.6 Å². The maximum absolute atomic E-state index is 11.9. The van der Waals surface area contributed by atoms with Crippen molar-refractivity contribution in [3.05, 3.63) is 53.0 Å². The highest BCUT2D eigenvalue weighted by Crippen LogP contribution is 2.25. The Kier molecular flexibility index (Phi) is 2.82. The zero-order valence-corrected chi connectivity index (χ0v) is 11.3. The number of hydrogen-bond donors (Lipinski definition) is 1. The highest BCUT2D eigenvalue weighted by Gasteiger charge is 2.32. The van der Waals surface area contributed by atoms with Crippen LogP contribution in [0.2, 0.25) is 0 Å². The molecule has 2 heterocycles. The molecule has 1 N–H and O–H groups in total. The molecule has 1 aromatic heterocycles. The molecule has 2 aromatic rings. The van der Waals surface area contributed by atoms with Crippen LogP contribution < -0.4 is 5.32 Å². The van der Waals surface area contributed by atoms with Gasteiger partial charge in [-0.3, -0.25) is 14.5 Å². The van der Waals surface area contributed by atoms with Crippen molar-refractivity contribution in [3.8, 4) is 0 Å². The van der Waals surface area contributed by atoms with E-state index in [-0.39, 0.29) is 11.8 Å². The Morgan fingerprint density at radius 1 is 1.15 bits per heavy atom. The molecule has 0 saturated carbocycles. The van der Waals surface area contributed by atoms with Gasteiger partial charge in [-0.15, -0.1) is 0 Å². The fourth-order valence-corrected chi connectivity index (χ4v) is 2.24. The monoisotopic (exact) mass is 270 g/mol. The molecule has 0 radical (unpaired) electrons. The number of benzene rings is 1. The van der Waals surface area contributed by atoms with Crippen LogP contribution in [-0.4, -0.2) is 23.8 Å². The highest BCUT2D eigenvalue weighted by atomic mass is 16.3. The fourth-order valence-electron chi connectivity index (χ4n) is 2.24. The summed E-state index contributed by atoms with van der Waals surface area (Å²) in [6, 6.07) is 7.08. The molecule has 0 aliphatic carbocycles. The van der Waals surface area contributed by atoms with Crippen molar-refractivity contribution in [3.63, 3.8) is 0 Å². The van der Waals surface area contributed by atoms with Crippen molar-refractivity contribution in [1.82, 2.24) is 4.90 Å². The van der Waals surface area contributed by atoms with E-state index in [9.17, 15) is 9.59 Å². The number of rotatable bonds is 3. The number of furan rings is 1. The van der Waals surface area contributed by atoms with E-state index in [1.807, 2.05) is 13.0 Å². The first-order valence-corrected chi connectivity index (χ1v) is 6.31. The number of carbonyl (C=O) groups is 2. The van der Waals surface area contributed by atoms with Crippen molar-refractivity contribution in [2.45, 2.75) is 13.5 Å². The Morgan fingerprint density at radius 3 is 2.60 bits per heavy atom. The Bertz CT molecular complexity index is 703. The summed E-state index contributed by atoms with van der Waals surface area (Å²) in [5.74, 6) is 0.339.